The van der Waals surface area contributed by atoms with Crippen molar-refractivity contribution >= 4 is 34.8 Å². The van der Waals surface area contributed by atoms with Gasteiger partial charge in [0.15, 0.2) is 0 Å². The molecule has 0 atom stereocenters. The minimum absolute atomic E-state index is 0. The summed E-state index contributed by atoms with van der Waals surface area (Å²) < 4.78 is 0. The van der Waals surface area contributed by atoms with Crippen molar-refractivity contribution < 1.29 is 39.6 Å². The third-order valence-corrected chi connectivity index (χ3v) is 3.39. The zero-order valence-corrected chi connectivity index (χ0v) is 20.6. The van der Waals surface area contributed by atoms with Crippen LogP contribution in [0.5, 0.6) is 0 Å². The first-order valence-corrected chi connectivity index (χ1v) is 10.3. The van der Waals surface area contributed by atoms with Crippen LogP contribution in [0.2, 0.25) is 0 Å². The minimum atomic E-state index is -0.827. The topological polar surface area (TPSA) is 149 Å². The Morgan fingerprint density at radius 2 is 0.576 bits per heavy atom. The van der Waals surface area contributed by atoms with E-state index in [9.17, 15) is 19.2 Å². The molecule has 33 heavy (non-hydrogen) atoms. The van der Waals surface area contributed by atoms with E-state index in [0.717, 1.165) is 25.7 Å². The van der Waals surface area contributed by atoms with Crippen LogP contribution in [0.3, 0.4) is 0 Å². The Kier molecular flexibility index (Phi) is 33.2. The van der Waals surface area contributed by atoms with Crippen LogP contribution < -0.4 is 0 Å². The Bertz CT molecular complexity index is 581. The minimum Gasteiger partial charge on any atom is -0.478 e. The summed E-state index contributed by atoms with van der Waals surface area (Å²) in [6.45, 7) is 14.0. The molecule has 0 aromatic rings. The molecule has 0 bridgehead atoms. The monoisotopic (exact) mass is 488 g/mol. The van der Waals surface area contributed by atoms with Gasteiger partial charge in [-0.3, -0.25) is 0 Å². The van der Waals surface area contributed by atoms with Crippen LogP contribution in [0.15, 0.2) is 46.6 Å². The van der Waals surface area contributed by atoms with Gasteiger partial charge in [-0.1, -0.05) is 52.0 Å². The standard InChI is InChI=1S/4C6H10O2.H4Si/c4*1-3-4-5(2)6(7)8;/h4*4H,3H2,1-2H3,(H,7,8);1H4. The van der Waals surface area contributed by atoms with Gasteiger partial charge in [-0.2, -0.15) is 0 Å². The normalized spacial score (nSPS) is 11.2. The number of hydrogen-bond acceptors (Lipinski definition) is 4. The Balaban J connectivity index is -0.000000105. The molecule has 0 saturated heterocycles. The van der Waals surface area contributed by atoms with Gasteiger partial charge < -0.3 is 20.4 Å². The maximum atomic E-state index is 10.0. The Morgan fingerprint density at radius 1 is 0.455 bits per heavy atom. The molecule has 0 fully saturated rings. The average molecular weight is 489 g/mol. The molecule has 0 aromatic heterocycles. The highest BCUT2D eigenvalue weighted by Crippen LogP contribution is 1.94. The maximum absolute atomic E-state index is 10.0. The van der Waals surface area contributed by atoms with Gasteiger partial charge in [0, 0.05) is 22.3 Å². The third kappa shape index (κ3) is 33.9. The van der Waals surface area contributed by atoms with E-state index in [0.29, 0.717) is 22.3 Å². The summed E-state index contributed by atoms with van der Waals surface area (Å²) in [6, 6.07) is 0. The summed E-state index contributed by atoms with van der Waals surface area (Å²) in [4.78, 5) is 40.1. The molecule has 0 unspecified atom stereocenters. The first kappa shape index (κ1) is 40.4. The fraction of sp³-hybridized carbons (Fsp3) is 0.500. The maximum Gasteiger partial charge on any atom is 0.330 e. The second-order valence-electron chi connectivity index (χ2n) is 6.40. The van der Waals surface area contributed by atoms with Gasteiger partial charge in [0.1, 0.15) is 0 Å². The lowest BCUT2D eigenvalue weighted by atomic mass is 10.2. The van der Waals surface area contributed by atoms with E-state index in [2.05, 4.69) is 0 Å². The molecule has 0 aliphatic heterocycles. The largest absolute Gasteiger partial charge is 0.478 e. The number of carboxylic acid groups (broad SMARTS) is 4. The molecule has 192 valence electrons. The lowest BCUT2D eigenvalue weighted by Crippen LogP contribution is -1.94. The van der Waals surface area contributed by atoms with Crippen LogP contribution in [-0.2, 0) is 19.2 Å². The van der Waals surface area contributed by atoms with Gasteiger partial charge >= 0.3 is 23.9 Å². The molecule has 4 N–H and O–H groups in total. The zero-order valence-electron chi connectivity index (χ0n) is 20.6. The molecule has 0 saturated carbocycles. The predicted octanol–water partition coefficient (Wildman–Crippen LogP) is 4.26. The van der Waals surface area contributed by atoms with Crippen molar-refractivity contribution in [3.63, 3.8) is 0 Å². The molecule has 0 aliphatic carbocycles. The highest BCUT2D eigenvalue weighted by Gasteiger charge is 1.96. The molecular weight excluding hydrogens is 444 g/mol. The molecule has 0 rings (SSSR count). The molecular formula is C24H44O8Si. The number of rotatable bonds is 8. The fourth-order valence-corrected chi connectivity index (χ4v) is 1.57. The van der Waals surface area contributed by atoms with E-state index in [1.54, 1.807) is 52.0 Å². The van der Waals surface area contributed by atoms with Crippen molar-refractivity contribution in [3.05, 3.63) is 46.6 Å². The van der Waals surface area contributed by atoms with Crippen molar-refractivity contribution in [1.82, 2.24) is 0 Å². The molecule has 0 spiro atoms. The first-order valence-electron chi connectivity index (χ1n) is 10.3. The summed E-state index contributed by atoms with van der Waals surface area (Å²) in [5.74, 6) is -3.31. The molecule has 8 nitrogen and oxygen atoms in total. The molecule has 0 heterocycles. The molecule has 0 aliphatic rings. The first-order chi connectivity index (χ1) is 14.7. The van der Waals surface area contributed by atoms with Crippen LogP contribution >= 0.6 is 0 Å². The highest BCUT2D eigenvalue weighted by molar-refractivity contribution is 5.86. The van der Waals surface area contributed by atoms with Crippen LogP contribution in [0.25, 0.3) is 0 Å². The molecule has 0 aromatic carbocycles. The van der Waals surface area contributed by atoms with Crippen LogP contribution in [0.4, 0.5) is 0 Å². The smallest absolute Gasteiger partial charge is 0.330 e. The average Bonchev–Trinajstić information content (AvgIpc) is 2.70. The predicted molar refractivity (Wildman–Crippen MR) is 138 cm³/mol. The second kappa shape index (κ2) is 27.1. The quantitative estimate of drug-likeness (QED) is 0.292. The van der Waals surface area contributed by atoms with Crippen molar-refractivity contribution in [1.29, 1.82) is 0 Å². The van der Waals surface area contributed by atoms with Crippen molar-refractivity contribution in [2.75, 3.05) is 0 Å². The third-order valence-electron chi connectivity index (χ3n) is 3.39. The van der Waals surface area contributed by atoms with Gasteiger partial charge in [-0.05, 0) is 64.3 Å². The van der Waals surface area contributed by atoms with E-state index in [1.807, 2.05) is 27.7 Å². The number of allylic oxidation sites excluding steroid dienone is 4. The molecule has 0 radical (unpaired) electrons. The lowest BCUT2D eigenvalue weighted by Gasteiger charge is -1.87. The summed E-state index contributed by atoms with van der Waals surface area (Å²) in [5, 5.41) is 33.0. The van der Waals surface area contributed by atoms with E-state index in [-0.39, 0.29) is 11.0 Å². The number of carboxylic acids is 4. The van der Waals surface area contributed by atoms with E-state index in [1.165, 1.54) is 0 Å². The Labute approximate surface area is 202 Å². The van der Waals surface area contributed by atoms with Crippen LogP contribution in [-0.4, -0.2) is 55.3 Å². The number of hydrogen-bond donors (Lipinski definition) is 4. The summed E-state index contributed by atoms with van der Waals surface area (Å²) in [7, 11) is 0. The lowest BCUT2D eigenvalue weighted by molar-refractivity contribution is -0.133. The zero-order chi connectivity index (χ0) is 26.3. The van der Waals surface area contributed by atoms with Crippen molar-refractivity contribution in [2.45, 2.75) is 81.1 Å². The highest BCUT2D eigenvalue weighted by atomic mass is 28.1. The van der Waals surface area contributed by atoms with Crippen molar-refractivity contribution in [2.24, 2.45) is 0 Å². The number of carbonyl (C=O) groups is 4. The number of aliphatic carboxylic acids is 4. The van der Waals surface area contributed by atoms with Gasteiger partial charge in [0.2, 0.25) is 0 Å². The second-order valence-corrected chi connectivity index (χ2v) is 6.40. The van der Waals surface area contributed by atoms with E-state index >= 15 is 0 Å². The van der Waals surface area contributed by atoms with Crippen LogP contribution in [0.1, 0.15) is 81.1 Å². The SMILES string of the molecule is CCC=C(C)C(=O)O.CCC=C(C)C(=O)O.CCC=C(C)C(=O)O.CCC=C(C)C(=O)O.[SiH4]. The fourth-order valence-electron chi connectivity index (χ4n) is 1.57. The summed E-state index contributed by atoms with van der Waals surface area (Å²) in [6.07, 6.45) is 9.89. The molecule has 9 heteroatoms. The van der Waals surface area contributed by atoms with Crippen LogP contribution in [0, 0.1) is 0 Å². The molecule has 0 amide bonds. The van der Waals surface area contributed by atoms with E-state index < -0.39 is 23.9 Å². The van der Waals surface area contributed by atoms with E-state index in [4.69, 9.17) is 20.4 Å². The van der Waals surface area contributed by atoms with Gasteiger partial charge in [-0.25, -0.2) is 19.2 Å². The Hall–Kier alpha value is -2.94. The Morgan fingerprint density at radius 3 is 0.606 bits per heavy atom. The summed E-state index contributed by atoms with van der Waals surface area (Å²) >= 11 is 0. The summed E-state index contributed by atoms with van der Waals surface area (Å²) in [5.41, 5.74) is 1.69. The van der Waals surface area contributed by atoms with Crippen molar-refractivity contribution in [3.8, 4) is 0 Å². The van der Waals surface area contributed by atoms with Gasteiger partial charge in [0.05, 0.1) is 0 Å². The van der Waals surface area contributed by atoms with Gasteiger partial charge in [-0.15, -0.1) is 0 Å². The van der Waals surface area contributed by atoms with Gasteiger partial charge in [0.25, 0.3) is 0 Å².